The van der Waals surface area contributed by atoms with Crippen LogP contribution in [0, 0.1) is 5.82 Å². The molecule has 2 atom stereocenters. The third-order valence-electron chi connectivity index (χ3n) is 7.40. The number of rotatable bonds is 4. The maximum atomic E-state index is 15.3. The number of hydrogen-bond donors (Lipinski definition) is 1. The number of methoxy groups -OCH3 is 1. The van der Waals surface area contributed by atoms with Crippen LogP contribution in [-0.2, 0) is 30.9 Å². The summed E-state index contributed by atoms with van der Waals surface area (Å²) in [6.45, 7) is 5.58. The van der Waals surface area contributed by atoms with Crippen molar-refractivity contribution in [1.82, 2.24) is 4.90 Å². The van der Waals surface area contributed by atoms with Crippen LogP contribution in [0.5, 0.6) is 0 Å². The number of carbonyl (C=O) groups excluding carboxylic acids is 3. The van der Waals surface area contributed by atoms with Crippen molar-refractivity contribution in [2.24, 2.45) is 0 Å². The van der Waals surface area contributed by atoms with Gasteiger partial charge in [-0.2, -0.15) is 0 Å². The number of carbonyl (C=O) groups is 3. The monoisotopic (exact) mass is 564 g/mol. The molecule has 0 aliphatic carbocycles. The number of amides is 2. The maximum Gasteiger partial charge on any atom is 0.410 e. The second-order valence-corrected chi connectivity index (χ2v) is 11.5. The zero-order valence-corrected chi connectivity index (χ0v) is 23.5. The summed E-state index contributed by atoms with van der Waals surface area (Å²) in [7, 11) is 1.30. The third kappa shape index (κ3) is 4.92. The molecule has 1 spiro atoms. The summed E-state index contributed by atoms with van der Waals surface area (Å²) in [6.07, 6.45) is -0.222. The molecule has 2 aliphatic heterocycles. The van der Waals surface area contributed by atoms with Gasteiger partial charge in [0.1, 0.15) is 16.8 Å². The highest BCUT2D eigenvalue weighted by atomic mass is 35.5. The van der Waals surface area contributed by atoms with Gasteiger partial charge in [-0.3, -0.25) is 14.5 Å². The molecular formula is C31H30ClFN2O5. The van der Waals surface area contributed by atoms with E-state index in [1.165, 1.54) is 24.1 Å². The minimum Gasteiger partial charge on any atom is -0.469 e. The predicted octanol–water partition coefficient (Wildman–Crippen LogP) is 6.43. The van der Waals surface area contributed by atoms with Crippen LogP contribution in [-0.4, -0.2) is 42.1 Å². The lowest BCUT2D eigenvalue weighted by molar-refractivity contribution is -0.139. The molecule has 9 heteroatoms. The normalized spacial score (nSPS) is 19.9. The van der Waals surface area contributed by atoms with Crippen LogP contribution in [0.25, 0.3) is 11.1 Å². The molecule has 40 heavy (non-hydrogen) atoms. The number of likely N-dealkylation sites (tertiary alicyclic amines) is 1. The van der Waals surface area contributed by atoms with Crippen LogP contribution in [0.2, 0.25) is 5.02 Å². The van der Waals surface area contributed by atoms with Crippen molar-refractivity contribution in [2.75, 3.05) is 19.0 Å². The molecule has 5 rings (SSSR count). The van der Waals surface area contributed by atoms with E-state index in [4.69, 9.17) is 21.1 Å². The summed E-state index contributed by atoms with van der Waals surface area (Å²) >= 11 is 6.46. The first kappa shape index (κ1) is 27.6. The number of nitrogens with one attached hydrogen (secondary N) is 1. The van der Waals surface area contributed by atoms with E-state index in [0.29, 0.717) is 39.4 Å². The molecule has 0 saturated carbocycles. The molecule has 3 aromatic carbocycles. The van der Waals surface area contributed by atoms with Gasteiger partial charge in [0.05, 0.1) is 19.6 Å². The lowest BCUT2D eigenvalue weighted by atomic mass is 9.72. The first-order chi connectivity index (χ1) is 18.9. The van der Waals surface area contributed by atoms with Gasteiger partial charge in [0, 0.05) is 17.3 Å². The fraction of sp³-hybridized carbons (Fsp3) is 0.323. The molecule has 2 heterocycles. The van der Waals surface area contributed by atoms with Crippen molar-refractivity contribution >= 4 is 35.3 Å². The standard InChI is InChI=1S/C31H30ClFN2O5/c1-30(2,3)40-29(38)35-12-11-31(23-7-5-6-8-25(23)34-28(31)37)27(35)21-13-20(14-22(33)15-21)18-9-10-19(24(32)16-18)17-26(36)39-4/h5-10,13-16,27H,11-12,17H2,1-4H3,(H,34,37)/t27-,31-/m1/s1. The molecule has 0 bridgehead atoms. The molecule has 0 unspecified atom stereocenters. The highest BCUT2D eigenvalue weighted by Crippen LogP contribution is 2.55. The zero-order valence-electron chi connectivity index (χ0n) is 22.7. The molecule has 1 saturated heterocycles. The highest BCUT2D eigenvalue weighted by molar-refractivity contribution is 6.31. The van der Waals surface area contributed by atoms with Crippen molar-refractivity contribution in [1.29, 1.82) is 0 Å². The van der Waals surface area contributed by atoms with Crippen molar-refractivity contribution in [3.8, 4) is 11.1 Å². The zero-order chi connectivity index (χ0) is 28.8. The SMILES string of the molecule is COC(=O)Cc1ccc(-c2cc(F)cc([C@H]3N(C(=O)OC(C)(C)C)CC[C@]34C(=O)Nc3ccccc34)c2)cc1Cl. The Morgan fingerprint density at radius 3 is 2.55 bits per heavy atom. The topological polar surface area (TPSA) is 84.9 Å². The number of para-hydroxylation sites is 1. The lowest BCUT2D eigenvalue weighted by Crippen LogP contribution is -2.44. The molecule has 3 aromatic rings. The summed E-state index contributed by atoms with van der Waals surface area (Å²) in [5.74, 6) is -1.20. The van der Waals surface area contributed by atoms with Gasteiger partial charge >= 0.3 is 12.1 Å². The van der Waals surface area contributed by atoms with E-state index in [9.17, 15) is 14.4 Å². The Balaban J connectivity index is 1.63. The molecule has 7 nitrogen and oxygen atoms in total. The van der Waals surface area contributed by atoms with Crippen molar-refractivity contribution < 1.29 is 28.2 Å². The van der Waals surface area contributed by atoms with E-state index in [-0.39, 0.29) is 18.9 Å². The number of fused-ring (bicyclic) bond motifs is 2. The van der Waals surface area contributed by atoms with Gasteiger partial charge in [0.25, 0.3) is 0 Å². The first-order valence-electron chi connectivity index (χ1n) is 13.0. The number of nitrogens with zero attached hydrogens (tertiary/aromatic N) is 1. The Bertz CT molecular complexity index is 1520. The smallest absolute Gasteiger partial charge is 0.410 e. The van der Waals surface area contributed by atoms with Gasteiger partial charge in [-0.1, -0.05) is 41.9 Å². The molecule has 1 fully saturated rings. The Kier molecular flexibility index (Phi) is 7.08. The number of ether oxygens (including phenoxy) is 2. The second kappa shape index (κ2) is 10.2. The van der Waals surface area contributed by atoms with Crippen LogP contribution in [0.3, 0.4) is 0 Å². The van der Waals surface area contributed by atoms with E-state index in [1.807, 2.05) is 24.3 Å². The number of benzene rings is 3. The van der Waals surface area contributed by atoms with E-state index in [1.54, 1.807) is 45.0 Å². The summed E-state index contributed by atoms with van der Waals surface area (Å²) in [6, 6.07) is 16.2. The molecule has 2 aliphatic rings. The lowest BCUT2D eigenvalue weighted by Gasteiger charge is -2.35. The molecule has 0 radical (unpaired) electrons. The molecule has 2 amide bonds. The summed E-state index contributed by atoms with van der Waals surface area (Å²) in [5.41, 5.74) is 1.72. The average Bonchev–Trinajstić information content (AvgIpc) is 3.43. The number of esters is 1. The maximum absolute atomic E-state index is 15.3. The van der Waals surface area contributed by atoms with Gasteiger partial charge in [-0.25, -0.2) is 9.18 Å². The first-order valence-corrected chi connectivity index (χ1v) is 13.4. The number of anilines is 1. The number of hydrogen-bond acceptors (Lipinski definition) is 5. The minimum atomic E-state index is -1.12. The van der Waals surface area contributed by atoms with E-state index in [0.717, 1.165) is 5.56 Å². The molecular weight excluding hydrogens is 535 g/mol. The fourth-order valence-corrected chi connectivity index (χ4v) is 5.95. The molecule has 1 N–H and O–H groups in total. The summed E-state index contributed by atoms with van der Waals surface area (Å²) in [4.78, 5) is 40.4. The largest absolute Gasteiger partial charge is 0.469 e. The minimum absolute atomic E-state index is 0.00791. The second-order valence-electron chi connectivity index (χ2n) is 11.1. The summed E-state index contributed by atoms with van der Waals surface area (Å²) in [5, 5.41) is 3.30. The molecule has 208 valence electrons. The van der Waals surface area contributed by atoms with Crippen molar-refractivity contribution in [2.45, 2.75) is 50.7 Å². The quantitative estimate of drug-likeness (QED) is 0.369. The van der Waals surface area contributed by atoms with Crippen molar-refractivity contribution in [3.05, 3.63) is 88.2 Å². The van der Waals surface area contributed by atoms with Gasteiger partial charge in [0.15, 0.2) is 0 Å². The highest BCUT2D eigenvalue weighted by Gasteiger charge is 2.60. The van der Waals surface area contributed by atoms with Gasteiger partial charge in [-0.05, 0) is 85.3 Å². The van der Waals surface area contributed by atoms with Crippen molar-refractivity contribution in [3.63, 3.8) is 0 Å². The van der Waals surface area contributed by atoms with Crippen LogP contribution in [0.1, 0.15) is 49.9 Å². The Hall–Kier alpha value is -3.91. The summed E-state index contributed by atoms with van der Waals surface area (Å²) < 4.78 is 25.8. The van der Waals surface area contributed by atoms with Crippen LogP contribution >= 0.6 is 11.6 Å². The predicted molar refractivity (Wildman–Crippen MR) is 150 cm³/mol. The number of halogens is 2. The Labute approximate surface area is 237 Å². The third-order valence-corrected chi connectivity index (χ3v) is 7.75. The van der Waals surface area contributed by atoms with E-state index < -0.39 is 34.9 Å². The van der Waals surface area contributed by atoms with Gasteiger partial charge in [0.2, 0.25) is 5.91 Å². The van der Waals surface area contributed by atoms with Gasteiger partial charge in [-0.15, -0.1) is 0 Å². The molecule has 0 aromatic heterocycles. The van der Waals surface area contributed by atoms with Crippen LogP contribution < -0.4 is 5.32 Å². The van der Waals surface area contributed by atoms with Crippen LogP contribution in [0.4, 0.5) is 14.9 Å². The van der Waals surface area contributed by atoms with Gasteiger partial charge < -0.3 is 14.8 Å². The fourth-order valence-electron chi connectivity index (χ4n) is 5.70. The van der Waals surface area contributed by atoms with Crippen LogP contribution in [0.15, 0.2) is 60.7 Å². The van der Waals surface area contributed by atoms with E-state index in [2.05, 4.69) is 5.32 Å². The average molecular weight is 565 g/mol. The Morgan fingerprint density at radius 2 is 1.85 bits per heavy atom. The Morgan fingerprint density at radius 1 is 1.10 bits per heavy atom. The van der Waals surface area contributed by atoms with E-state index >= 15 is 4.39 Å².